The quantitative estimate of drug-likeness (QED) is 0.631. The second kappa shape index (κ2) is 4.48. The highest BCUT2D eigenvalue weighted by Gasteiger charge is 2.37. The summed E-state index contributed by atoms with van der Waals surface area (Å²) in [6, 6.07) is 0.201. The Labute approximate surface area is 96.0 Å². The molecule has 0 aliphatic rings. The van der Waals surface area contributed by atoms with Crippen LogP contribution in [0.15, 0.2) is 18.2 Å². The molecule has 0 aliphatic carbocycles. The van der Waals surface area contributed by atoms with Gasteiger partial charge in [-0.05, 0) is 18.2 Å². The van der Waals surface area contributed by atoms with Gasteiger partial charge in [-0.15, -0.1) is 0 Å². The lowest BCUT2D eigenvalue weighted by Gasteiger charge is -2.15. The molecular formula is C9H4F6NO2-. The Morgan fingerprint density at radius 3 is 1.61 bits per heavy atom. The monoisotopic (exact) mass is 272 g/mol. The minimum absolute atomic E-state index is 0.137. The lowest BCUT2D eigenvalue weighted by molar-refractivity contribution is -0.143. The van der Waals surface area contributed by atoms with E-state index in [1.54, 1.807) is 0 Å². The van der Waals surface area contributed by atoms with E-state index in [2.05, 4.69) is 0 Å². The number of alkyl halides is 6. The minimum atomic E-state index is -5.06. The number of nitrogens with one attached hydrogen (secondary N) is 1. The third kappa shape index (κ3) is 3.13. The molecule has 0 heterocycles. The van der Waals surface area contributed by atoms with E-state index in [9.17, 15) is 36.3 Å². The van der Waals surface area contributed by atoms with Gasteiger partial charge in [0.1, 0.15) is 0 Å². The molecule has 9 heteroatoms. The number of benzene rings is 1. The van der Waals surface area contributed by atoms with Gasteiger partial charge < -0.3 is 10.7 Å². The molecule has 3 nitrogen and oxygen atoms in total. The van der Waals surface area contributed by atoms with Crippen LogP contribution in [-0.4, -0.2) is 5.91 Å². The summed E-state index contributed by atoms with van der Waals surface area (Å²) in [5.41, 5.74) is -3.61. The van der Waals surface area contributed by atoms with Crippen LogP contribution < -0.4 is 5.48 Å². The molecule has 0 bridgehead atoms. The second-order valence-corrected chi connectivity index (χ2v) is 3.23. The van der Waals surface area contributed by atoms with Gasteiger partial charge in [-0.2, -0.15) is 26.3 Å². The number of hydrogen-bond acceptors (Lipinski definition) is 2. The summed E-state index contributed by atoms with van der Waals surface area (Å²) in [7, 11) is 0. The molecular weight excluding hydrogens is 268 g/mol. The fourth-order valence-electron chi connectivity index (χ4n) is 1.14. The van der Waals surface area contributed by atoms with E-state index in [4.69, 9.17) is 0 Å². The van der Waals surface area contributed by atoms with Crippen molar-refractivity contribution in [3.05, 3.63) is 40.1 Å². The molecule has 0 unspecified atom stereocenters. The van der Waals surface area contributed by atoms with Crippen molar-refractivity contribution >= 4 is 5.91 Å². The largest absolute Gasteiger partial charge is 0.759 e. The Hall–Kier alpha value is -1.77. The third-order valence-corrected chi connectivity index (χ3v) is 1.94. The van der Waals surface area contributed by atoms with Gasteiger partial charge in [0.25, 0.3) is 0 Å². The maximum absolute atomic E-state index is 12.3. The smallest absolute Gasteiger partial charge is 0.416 e. The lowest BCUT2D eigenvalue weighted by Crippen LogP contribution is -2.19. The van der Waals surface area contributed by atoms with Crippen LogP contribution in [0, 0.1) is 5.21 Å². The Morgan fingerprint density at radius 2 is 1.33 bits per heavy atom. The van der Waals surface area contributed by atoms with E-state index in [0.29, 0.717) is 5.48 Å². The summed E-state index contributed by atoms with van der Waals surface area (Å²) >= 11 is 0. The number of carbonyl (C=O) groups excluding carboxylic acids is 1. The average Bonchev–Trinajstić information content (AvgIpc) is 2.25. The molecule has 1 amide bonds. The van der Waals surface area contributed by atoms with Gasteiger partial charge in [0.05, 0.1) is 11.1 Å². The molecule has 1 rings (SSSR count). The van der Waals surface area contributed by atoms with Crippen molar-refractivity contribution in [2.24, 2.45) is 0 Å². The van der Waals surface area contributed by atoms with E-state index in [0.717, 1.165) is 0 Å². The summed E-state index contributed by atoms with van der Waals surface area (Å²) in [6.07, 6.45) is -10.1. The highest BCUT2D eigenvalue weighted by atomic mass is 19.4. The van der Waals surface area contributed by atoms with Crippen molar-refractivity contribution in [3.8, 4) is 0 Å². The van der Waals surface area contributed by atoms with Crippen LogP contribution in [0.1, 0.15) is 21.5 Å². The van der Waals surface area contributed by atoms with E-state index < -0.39 is 35.0 Å². The molecule has 0 saturated heterocycles. The zero-order valence-electron chi connectivity index (χ0n) is 8.32. The van der Waals surface area contributed by atoms with E-state index in [1.165, 1.54) is 0 Å². The summed E-state index contributed by atoms with van der Waals surface area (Å²) in [6.45, 7) is 0. The first-order valence-corrected chi connectivity index (χ1v) is 4.27. The zero-order valence-corrected chi connectivity index (χ0v) is 8.32. The van der Waals surface area contributed by atoms with Crippen LogP contribution in [0.4, 0.5) is 26.3 Å². The zero-order chi connectivity index (χ0) is 14.1. The molecule has 0 aliphatic heterocycles. The highest BCUT2D eigenvalue weighted by Crippen LogP contribution is 2.36. The first kappa shape index (κ1) is 14.3. The number of hydrogen-bond donors (Lipinski definition) is 1. The fraction of sp³-hybridized carbons (Fsp3) is 0.222. The first-order valence-electron chi connectivity index (χ1n) is 4.27. The summed E-state index contributed by atoms with van der Waals surface area (Å²) in [5.74, 6) is -1.58. The third-order valence-electron chi connectivity index (χ3n) is 1.94. The van der Waals surface area contributed by atoms with Crippen molar-refractivity contribution in [2.45, 2.75) is 12.4 Å². The van der Waals surface area contributed by atoms with Gasteiger partial charge in [0, 0.05) is 5.56 Å². The normalized spacial score (nSPS) is 12.4. The van der Waals surface area contributed by atoms with Crippen LogP contribution in [-0.2, 0) is 12.4 Å². The van der Waals surface area contributed by atoms with Crippen molar-refractivity contribution in [1.82, 2.24) is 5.48 Å². The van der Waals surface area contributed by atoms with E-state index >= 15 is 0 Å². The fourth-order valence-corrected chi connectivity index (χ4v) is 1.14. The first-order chi connectivity index (χ1) is 8.05. The Balaban J connectivity index is 3.44. The number of rotatable bonds is 1. The van der Waals surface area contributed by atoms with Gasteiger partial charge in [-0.1, -0.05) is 0 Å². The second-order valence-electron chi connectivity index (χ2n) is 3.23. The van der Waals surface area contributed by atoms with Crippen molar-refractivity contribution in [1.29, 1.82) is 0 Å². The molecule has 0 aromatic heterocycles. The van der Waals surface area contributed by atoms with Gasteiger partial charge in [0.15, 0.2) is 0 Å². The van der Waals surface area contributed by atoms with Crippen LogP contribution in [0.3, 0.4) is 0 Å². The molecule has 0 atom stereocenters. The van der Waals surface area contributed by atoms with Crippen LogP contribution in [0.25, 0.3) is 0 Å². The predicted molar refractivity (Wildman–Crippen MR) is 47.3 cm³/mol. The molecule has 1 aromatic carbocycles. The molecule has 100 valence electrons. The maximum atomic E-state index is 12.3. The highest BCUT2D eigenvalue weighted by molar-refractivity contribution is 5.94. The van der Waals surface area contributed by atoms with Crippen molar-refractivity contribution < 1.29 is 31.1 Å². The topological polar surface area (TPSA) is 52.2 Å². The number of amides is 1. The minimum Gasteiger partial charge on any atom is -0.759 e. The van der Waals surface area contributed by atoms with Gasteiger partial charge in [-0.25, -0.2) is 0 Å². The van der Waals surface area contributed by atoms with E-state index in [-0.39, 0.29) is 18.2 Å². The maximum Gasteiger partial charge on any atom is 0.416 e. The number of carbonyl (C=O) groups is 1. The molecule has 1 N–H and O–H groups in total. The Morgan fingerprint density at radius 1 is 0.944 bits per heavy atom. The molecule has 1 aromatic rings. The molecule has 0 spiro atoms. The number of halogens is 6. The number of hydroxylamine groups is 1. The van der Waals surface area contributed by atoms with Crippen LogP contribution >= 0.6 is 0 Å². The molecule has 0 fully saturated rings. The van der Waals surface area contributed by atoms with Crippen LogP contribution in [0.2, 0.25) is 0 Å². The van der Waals surface area contributed by atoms with Crippen LogP contribution in [0.5, 0.6) is 0 Å². The van der Waals surface area contributed by atoms with Crippen molar-refractivity contribution in [3.63, 3.8) is 0 Å². The Kier molecular flexibility index (Phi) is 3.56. The SMILES string of the molecule is O=C(N[O-])c1cc(C(F)(F)F)cc(C(F)(F)F)c1. The lowest BCUT2D eigenvalue weighted by atomic mass is 10.0. The summed E-state index contributed by atoms with van der Waals surface area (Å²) in [4.78, 5) is 10.8. The Bertz CT molecular complexity index is 433. The summed E-state index contributed by atoms with van der Waals surface area (Å²) < 4.78 is 74.0. The van der Waals surface area contributed by atoms with Gasteiger partial charge in [0.2, 0.25) is 5.91 Å². The van der Waals surface area contributed by atoms with Gasteiger partial charge >= 0.3 is 12.4 Å². The van der Waals surface area contributed by atoms with E-state index in [1.807, 2.05) is 0 Å². The molecule has 0 radical (unpaired) electrons. The van der Waals surface area contributed by atoms with Gasteiger partial charge in [-0.3, -0.25) is 4.79 Å². The average molecular weight is 272 g/mol. The van der Waals surface area contributed by atoms with Crippen molar-refractivity contribution in [2.75, 3.05) is 0 Å². The predicted octanol–water partition coefficient (Wildman–Crippen LogP) is 2.95. The standard InChI is InChI=1S/C9H4F6NO2/c10-8(11,12)5-1-4(7(17)16-18)2-6(3-5)9(13,14)15/h1-3H,(H-,16,17,18)/q-1. The molecule has 18 heavy (non-hydrogen) atoms. The molecule has 0 saturated carbocycles. The summed E-state index contributed by atoms with van der Waals surface area (Å²) in [5, 5.41) is 9.99.